The summed E-state index contributed by atoms with van der Waals surface area (Å²) in [5.74, 6) is 0.997. The fourth-order valence-electron chi connectivity index (χ4n) is 0.824. The van der Waals surface area contributed by atoms with Gasteiger partial charge < -0.3 is 10.6 Å². The van der Waals surface area contributed by atoms with Gasteiger partial charge in [-0.2, -0.15) is 15.0 Å². The number of hydrogen-bond acceptors (Lipinski definition) is 6. The number of hydrogen-bond donors (Lipinski definition) is 2. The second-order valence-corrected chi connectivity index (χ2v) is 3.02. The minimum Gasteiger partial charge on any atom is -0.354 e. The van der Waals surface area contributed by atoms with Gasteiger partial charge in [0.05, 0.1) is 0 Å². The number of nitrogens with zero attached hydrogens (tertiary/aromatic N) is 3. The van der Waals surface area contributed by atoms with Crippen LogP contribution < -0.4 is 10.6 Å². The standard InChI is InChI=1S/C7H12ClN5.C3H4O/c1-3-9-6-11-5(8)12-7(13-6)10-4-2;1-2-3-4/h3-4H2,1-2H3,(H2,9,10,11,12,13);2-3H,1H2. The normalized spacial score (nSPS) is 8.65. The molecule has 0 bridgehead atoms. The van der Waals surface area contributed by atoms with Crippen molar-refractivity contribution in [3.8, 4) is 0 Å². The number of rotatable bonds is 5. The number of halogens is 1. The lowest BCUT2D eigenvalue weighted by atomic mass is 10.7. The van der Waals surface area contributed by atoms with Crippen molar-refractivity contribution in [2.24, 2.45) is 0 Å². The average Bonchev–Trinajstić information content (AvgIpc) is 2.29. The van der Waals surface area contributed by atoms with E-state index < -0.39 is 0 Å². The van der Waals surface area contributed by atoms with Crippen molar-refractivity contribution in [1.29, 1.82) is 0 Å². The van der Waals surface area contributed by atoms with Crippen LogP contribution in [0, 0.1) is 0 Å². The molecule has 1 aromatic heterocycles. The van der Waals surface area contributed by atoms with Gasteiger partial charge in [0.1, 0.15) is 6.29 Å². The van der Waals surface area contributed by atoms with Crippen molar-refractivity contribution in [3.63, 3.8) is 0 Å². The summed E-state index contributed by atoms with van der Waals surface area (Å²) in [5, 5.41) is 6.12. The van der Waals surface area contributed by atoms with E-state index in [2.05, 4.69) is 32.2 Å². The predicted molar refractivity (Wildman–Crippen MR) is 69.4 cm³/mol. The average molecular weight is 258 g/mol. The van der Waals surface area contributed by atoms with Gasteiger partial charge in [-0.25, -0.2) is 0 Å². The van der Waals surface area contributed by atoms with Crippen molar-refractivity contribution >= 4 is 29.8 Å². The second kappa shape index (κ2) is 9.53. The lowest BCUT2D eigenvalue weighted by Gasteiger charge is -2.04. The number of allylic oxidation sites excluding steroid dienone is 1. The largest absolute Gasteiger partial charge is 0.354 e. The van der Waals surface area contributed by atoms with Gasteiger partial charge in [-0.1, -0.05) is 6.58 Å². The third-order valence-electron chi connectivity index (χ3n) is 1.37. The van der Waals surface area contributed by atoms with Crippen LogP contribution in [0.5, 0.6) is 0 Å². The molecular weight excluding hydrogens is 242 g/mol. The number of anilines is 2. The molecule has 1 aromatic rings. The van der Waals surface area contributed by atoms with Crippen LogP contribution >= 0.6 is 11.6 Å². The molecule has 0 aliphatic carbocycles. The molecule has 0 aliphatic rings. The molecule has 6 nitrogen and oxygen atoms in total. The van der Waals surface area contributed by atoms with Crippen LogP contribution in [0.25, 0.3) is 0 Å². The Balaban J connectivity index is 0.000000557. The van der Waals surface area contributed by atoms with Crippen molar-refractivity contribution in [1.82, 2.24) is 15.0 Å². The molecule has 0 radical (unpaired) electrons. The SMILES string of the molecule is C=CC=O.CCNc1nc(Cl)nc(NCC)n1. The predicted octanol–water partition coefficient (Wildman–Crippen LogP) is 1.76. The minimum atomic E-state index is 0.196. The van der Waals surface area contributed by atoms with Crippen LogP contribution in [-0.4, -0.2) is 34.3 Å². The van der Waals surface area contributed by atoms with Gasteiger partial charge in [0.15, 0.2) is 0 Å². The summed E-state index contributed by atoms with van der Waals surface area (Å²) >= 11 is 5.68. The Morgan fingerprint density at radius 2 is 1.59 bits per heavy atom. The Morgan fingerprint density at radius 1 is 1.18 bits per heavy atom. The van der Waals surface area contributed by atoms with Gasteiger partial charge in [-0.05, 0) is 31.5 Å². The molecule has 0 aromatic carbocycles. The first-order valence-corrected chi connectivity index (χ1v) is 5.51. The van der Waals surface area contributed by atoms with Crippen LogP contribution in [0.15, 0.2) is 12.7 Å². The molecule has 0 amide bonds. The summed E-state index contributed by atoms with van der Waals surface area (Å²) in [6.07, 6.45) is 1.83. The van der Waals surface area contributed by atoms with E-state index in [4.69, 9.17) is 16.4 Å². The summed E-state index contributed by atoms with van der Waals surface area (Å²) in [7, 11) is 0. The van der Waals surface area contributed by atoms with Gasteiger partial charge in [0, 0.05) is 13.1 Å². The zero-order valence-electron chi connectivity index (χ0n) is 9.90. The zero-order valence-corrected chi connectivity index (χ0v) is 10.7. The molecule has 0 saturated heterocycles. The second-order valence-electron chi connectivity index (χ2n) is 2.68. The molecule has 0 spiro atoms. The first-order chi connectivity index (χ1) is 8.17. The maximum Gasteiger partial charge on any atom is 0.228 e. The molecule has 0 atom stereocenters. The number of aromatic nitrogens is 3. The molecule has 7 heteroatoms. The molecular formula is C10H16ClN5O. The lowest BCUT2D eigenvalue weighted by Crippen LogP contribution is -2.08. The quantitative estimate of drug-likeness (QED) is 0.618. The van der Waals surface area contributed by atoms with Gasteiger partial charge in [-0.3, -0.25) is 4.79 Å². The van der Waals surface area contributed by atoms with Gasteiger partial charge in [0.25, 0.3) is 0 Å². The van der Waals surface area contributed by atoms with Gasteiger partial charge in [0.2, 0.25) is 17.2 Å². The van der Waals surface area contributed by atoms with Crippen molar-refractivity contribution in [3.05, 3.63) is 17.9 Å². The summed E-state index contributed by atoms with van der Waals surface area (Å²) in [4.78, 5) is 20.9. The lowest BCUT2D eigenvalue weighted by molar-refractivity contribution is -0.104. The number of aldehydes is 1. The van der Waals surface area contributed by atoms with Crippen molar-refractivity contribution in [2.45, 2.75) is 13.8 Å². The fourth-order valence-corrected chi connectivity index (χ4v) is 0.985. The van der Waals surface area contributed by atoms with Crippen LogP contribution in [-0.2, 0) is 4.79 Å². The molecule has 94 valence electrons. The highest BCUT2D eigenvalue weighted by atomic mass is 35.5. The van der Waals surface area contributed by atoms with E-state index in [9.17, 15) is 0 Å². The van der Waals surface area contributed by atoms with Gasteiger partial charge >= 0.3 is 0 Å². The fraction of sp³-hybridized carbons (Fsp3) is 0.400. The van der Waals surface area contributed by atoms with E-state index >= 15 is 0 Å². The number of nitrogens with one attached hydrogen (secondary N) is 2. The molecule has 0 unspecified atom stereocenters. The molecule has 0 saturated carbocycles. The topological polar surface area (TPSA) is 79.8 Å². The molecule has 0 fully saturated rings. The van der Waals surface area contributed by atoms with Crippen LogP contribution in [0.2, 0.25) is 5.28 Å². The monoisotopic (exact) mass is 257 g/mol. The summed E-state index contributed by atoms with van der Waals surface area (Å²) in [6.45, 7) is 8.55. The highest BCUT2D eigenvalue weighted by molar-refractivity contribution is 6.28. The molecule has 0 aliphatic heterocycles. The molecule has 17 heavy (non-hydrogen) atoms. The smallest absolute Gasteiger partial charge is 0.228 e. The maximum atomic E-state index is 9.06. The summed E-state index contributed by atoms with van der Waals surface area (Å²) in [5.41, 5.74) is 0. The molecule has 1 rings (SSSR count). The van der Waals surface area contributed by atoms with Gasteiger partial charge in [-0.15, -0.1) is 0 Å². The van der Waals surface area contributed by atoms with E-state index in [1.54, 1.807) is 0 Å². The highest BCUT2D eigenvalue weighted by Crippen LogP contribution is 2.08. The third kappa shape index (κ3) is 7.24. The molecule has 2 N–H and O–H groups in total. The van der Waals surface area contributed by atoms with E-state index in [1.165, 1.54) is 6.08 Å². The minimum absolute atomic E-state index is 0.196. The first-order valence-electron chi connectivity index (χ1n) is 5.13. The van der Waals surface area contributed by atoms with Crippen molar-refractivity contribution in [2.75, 3.05) is 23.7 Å². The third-order valence-corrected chi connectivity index (χ3v) is 1.54. The van der Waals surface area contributed by atoms with E-state index in [-0.39, 0.29) is 5.28 Å². The molecule has 1 heterocycles. The number of carbonyl (C=O) groups is 1. The first kappa shape index (κ1) is 15.3. The Morgan fingerprint density at radius 3 is 1.88 bits per heavy atom. The Hall–Kier alpha value is -1.69. The van der Waals surface area contributed by atoms with E-state index in [0.29, 0.717) is 18.2 Å². The van der Waals surface area contributed by atoms with E-state index in [0.717, 1.165) is 13.1 Å². The Bertz CT molecular complexity index is 328. The highest BCUT2D eigenvalue weighted by Gasteiger charge is 2.01. The van der Waals surface area contributed by atoms with E-state index in [1.807, 2.05) is 13.8 Å². The Kier molecular flexibility index (Phi) is 8.58. The van der Waals surface area contributed by atoms with Crippen LogP contribution in [0.1, 0.15) is 13.8 Å². The maximum absolute atomic E-state index is 9.06. The van der Waals surface area contributed by atoms with Crippen molar-refractivity contribution < 1.29 is 4.79 Å². The zero-order chi connectivity index (χ0) is 13.1. The van der Waals surface area contributed by atoms with Crippen LogP contribution in [0.3, 0.4) is 0 Å². The Labute approximate surface area is 106 Å². The summed E-state index contributed by atoms with van der Waals surface area (Å²) in [6, 6.07) is 0. The van der Waals surface area contributed by atoms with Crippen LogP contribution in [0.4, 0.5) is 11.9 Å². The number of carbonyl (C=O) groups excluding carboxylic acids is 1. The summed E-state index contributed by atoms with van der Waals surface area (Å²) < 4.78 is 0.